The predicted octanol–water partition coefficient (Wildman–Crippen LogP) is -2.26. The Balaban J connectivity index is -0.000000120. The fourth-order valence-corrected chi connectivity index (χ4v) is 2.83. The van der Waals surface area contributed by atoms with E-state index < -0.39 is 0 Å². The molecule has 2 N–H and O–H groups in total. The van der Waals surface area contributed by atoms with Crippen molar-refractivity contribution in [1.29, 1.82) is 0 Å². The molecular weight excluding hydrogens is 142 g/mol. The molecule has 1 aliphatic rings. The van der Waals surface area contributed by atoms with Crippen LogP contribution in [0.25, 0.3) is 0 Å². The Morgan fingerprint density at radius 3 is 1.62 bits per heavy atom. The average molecular weight is 156 g/mol. The van der Waals surface area contributed by atoms with Gasteiger partial charge in [0.2, 0.25) is 15.2 Å². The van der Waals surface area contributed by atoms with E-state index in [1.807, 2.05) is 0 Å². The van der Waals surface area contributed by atoms with E-state index in [-0.39, 0.29) is 58.3 Å². The van der Waals surface area contributed by atoms with E-state index in [2.05, 4.69) is 0 Å². The molecule has 8 heavy (non-hydrogen) atoms. The zero-order chi connectivity index (χ0) is 4.24. The Kier molecular flexibility index (Phi) is 14.6. The molecule has 1 aliphatic heterocycles. The molecule has 0 bridgehead atoms. The summed E-state index contributed by atoms with van der Waals surface area (Å²) in [6.45, 7) is 0. The van der Waals surface area contributed by atoms with E-state index in [1.165, 1.54) is 6.42 Å². The van der Waals surface area contributed by atoms with Gasteiger partial charge in [-0.25, -0.2) is 0 Å². The monoisotopic (exact) mass is 156 g/mol. The molecule has 0 radical (unpaired) electrons. The first kappa shape index (κ1) is 12.8. The van der Waals surface area contributed by atoms with Gasteiger partial charge in [-0.15, -0.1) is 0 Å². The molecule has 1 saturated heterocycles. The molecular formula is C5H14AlKO. The maximum absolute atomic E-state index is 1.64. The van der Waals surface area contributed by atoms with Gasteiger partial charge in [0.05, 0.1) is 0 Å². The Morgan fingerprint density at radius 2 is 1.50 bits per heavy atom. The van der Waals surface area contributed by atoms with Gasteiger partial charge in [-0.3, -0.25) is 0 Å². The van der Waals surface area contributed by atoms with Crippen molar-refractivity contribution in [3.63, 3.8) is 0 Å². The minimum absolute atomic E-state index is 0. The van der Waals surface area contributed by atoms with E-state index in [9.17, 15) is 0 Å². The molecule has 1 fully saturated rings. The molecule has 1 nitrogen and oxygen atoms in total. The van der Waals surface area contributed by atoms with Crippen molar-refractivity contribution in [1.82, 2.24) is 0 Å². The quantitative estimate of drug-likeness (QED) is 0.354. The van der Waals surface area contributed by atoms with Crippen LogP contribution in [0.5, 0.6) is 0 Å². The van der Waals surface area contributed by atoms with Gasteiger partial charge in [0.25, 0.3) is 0 Å². The SMILES string of the molecule is C1C[CH2][AlH][CH2]C1.O.[H-].[K+]. The number of rotatable bonds is 0. The van der Waals surface area contributed by atoms with Gasteiger partial charge >= 0.3 is 51.4 Å². The second-order valence-corrected chi connectivity index (χ2v) is 4.24. The standard InChI is InChI=1S/C5H10.Al.K.H2O.2H/c1-3-5-4-2;;;;;/h1-5H2;;;1H2;;/q;;+1;;;-1. The molecule has 0 aliphatic carbocycles. The average Bonchev–Trinajstić information content (AvgIpc) is 1.72. The van der Waals surface area contributed by atoms with Crippen LogP contribution in [0.3, 0.4) is 0 Å². The summed E-state index contributed by atoms with van der Waals surface area (Å²) in [4.78, 5) is 0. The van der Waals surface area contributed by atoms with Crippen LogP contribution >= 0.6 is 0 Å². The largest absolute Gasteiger partial charge is 1.00 e. The topological polar surface area (TPSA) is 31.5 Å². The van der Waals surface area contributed by atoms with Crippen molar-refractivity contribution < 1.29 is 58.3 Å². The molecule has 0 aromatic carbocycles. The molecule has 0 amide bonds. The number of hydrogen-bond acceptors (Lipinski definition) is 0. The van der Waals surface area contributed by atoms with Crippen molar-refractivity contribution in [3.05, 3.63) is 0 Å². The van der Waals surface area contributed by atoms with Crippen molar-refractivity contribution in [2.75, 3.05) is 0 Å². The summed E-state index contributed by atoms with van der Waals surface area (Å²) in [5.41, 5.74) is 0. The number of hydrogen-bond donors (Lipinski definition) is 0. The van der Waals surface area contributed by atoms with Crippen LogP contribution in [0.2, 0.25) is 10.6 Å². The van der Waals surface area contributed by atoms with Crippen molar-refractivity contribution in [2.24, 2.45) is 0 Å². The van der Waals surface area contributed by atoms with Gasteiger partial charge in [0.1, 0.15) is 0 Å². The summed E-state index contributed by atoms with van der Waals surface area (Å²) < 4.78 is 0. The molecule has 0 saturated carbocycles. The van der Waals surface area contributed by atoms with Crippen LogP contribution in [-0.4, -0.2) is 20.7 Å². The Bertz CT molecular complexity index is 32.4. The van der Waals surface area contributed by atoms with Crippen LogP contribution in [0.15, 0.2) is 0 Å². The third-order valence-corrected chi connectivity index (χ3v) is 3.50. The molecule has 3 heteroatoms. The third kappa shape index (κ3) is 6.25. The van der Waals surface area contributed by atoms with Crippen LogP contribution in [0.4, 0.5) is 0 Å². The van der Waals surface area contributed by atoms with Crippen molar-refractivity contribution >= 4 is 15.2 Å². The van der Waals surface area contributed by atoms with Crippen LogP contribution in [0, 0.1) is 0 Å². The molecule has 0 aromatic rings. The maximum atomic E-state index is 1.64. The first-order valence-corrected chi connectivity index (χ1v) is 5.00. The second-order valence-electron chi connectivity index (χ2n) is 2.12. The van der Waals surface area contributed by atoms with Crippen molar-refractivity contribution in [2.45, 2.75) is 29.8 Å². The minimum Gasteiger partial charge on any atom is -1.00 e. The fraction of sp³-hybridized carbons (Fsp3) is 1.00. The normalized spacial score (nSPS) is 17.0. The third-order valence-electron chi connectivity index (χ3n) is 1.50. The Hall–Kier alpha value is 2.13. The van der Waals surface area contributed by atoms with E-state index in [0.29, 0.717) is 15.2 Å². The van der Waals surface area contributed by atoms with E-state index in [4.69, 9.17) is 0 Å². The summed E-state index contributed by atoms with van der Waals surface area (Å²) in [7, 11) is 0. The molecule has 0 aromatic heterocycles. The summed E-state index contributed by atoms with van der Waals surface area (Å²) in [6.07, 6.45) is 4.66. The second kappa shape index (κ2) is 9.13. The molecule has 0 atom stereocenters. The molecule has 0 unspecified atom stereocenters. The summed E-state index contributed by atoms with van der Waals surface area (Å²) in [5, 5.41) is 3.28. The molecule has 1 heterocycles. The van der Waals surface area contributed by atoms with Gasteiger partial charge in [-0.1, -0.05) is 29.8 Å². The van der Waals surface area contributed by atoms with E-state index >= 15 is 0 Å². The minimum atomic E-state index is 0. The molecule has 1 rings (SSSR count). The predicted molar refractivity (Wildman–Crippen MR) is 35.3 cm³/mol. The van der Waals surface area contributed by atoms with Gasteiger partial charge in [-0.05, 0) is 0 Å². The Labute approximate surface area is 102 Å². The van der Waals surface area contributed by atoms with Gasteiger partial charge in [0, 0.05) is 0 Å². The summed E-state index contributed by atoms with van der Waals surface area (Å²) in [6, 6.07) is 0. The first-order valence-electron chi connectivity index (χ1n) is 3.00. The first-order chi connectivity index (χ1) is 3.00. The summed E-state index contributed by atoms with van der Waals surface area (Å²) in [5.74, 6) is 0. The van der Waals surface area contributed by atoms with Crippen LogP contribution in [0.1, 0.15) is 20.7 Å². The van der Waals surface area contributed by atoms with Gasteiger partial charge in [0.15, 0.2) is 0 Å². The molecule has 0 spiro atoms. The Morgan fingerprint density at radius 1 is 1.00 bits per heavy atom. The van der Waals surface area contributed by atoms with E-state index in [1.54, 1.807) is 23.4 Å². The zero-order valence-corrected chi connectivity index (χ0v) is 10.3. The maximum Gasteiger partial charge on any atom is 1.00 e. The van der Waals surface area contributed by atoms with Gasteiger partial charge < -0.3 is 6.90 Å². The van der Waals surface area contributed by atoms with Gasteiger partial charge in [-0.2, -0.15) is 0 Å². The van der Waals surface area contributed by atoms with Crippen LogP contribution in [-0.2, 0) is 0 Å². The fourth-order valence-electron chi connectivity index (χ4n) is 1.06. The van der Waals surface area contributed by atoms with E-state index in [0.717, 1.165) is 0 Å². The molecule has 44 valence electrons. The van der Waals surface area contributed by atoms with Crippen LogP contribution < -0.4 is 51.4 Å². The smallest absolute Gasteiger partial charge is 1.00 e. The zero-order valence-electron chi connectivity index (χ0n) is 6.74. The summed E-state index contributed by atoms with van der Waals surface area (Å²) >= 11 is 0.508. The van der Waals surface area contributed by atoms with Crippen molar-refractivity contribution in [3.8, 4) is 0 Å².